The number of hydrogen-bond donors (Lipinski definition) is 0. The van der Waals surface area contributed by atoms with Crippen molar-refractivity contribution in [3.63, 3.8) is 0 Å². The summed E-state index contributed by atoms with van der Waals surface area (Å²) in [7, 11) is 3.23. The van der Waals surface area contributed by atoms with Crippen LogP contribution >= 0.6 is 0 Å². The van der Waals surface area contributed by atoms with Crippen molar-refractivity contribution in [2.24, 2.45) is 0 Å². The molecule has 0 aliphatic rings. The molecule has 0 unspecified atom stereocenters. The van der Waals surface area contributed by atoms with E-state index in [1.165, 1.54) is 0 Å². The van der Waals surface area contributed by atoms with E-state index in [9.17, 15) is 0 Å². The van der Waals surface area contributed by atoms with E-state index < -0.39 is 0 Å². The predicted octanol–water partition coefficient (Wildman–Crippen LogP) is -0.815. The van der Waals surface area contributed by atoms with E-state index >= 15 is 0 Å². The van der Waals surface area contributed by atoms with Gasteiger partial charge in [-0.05, 0) is 0 Å². The molecule has 0 spiro atoms. The van der Waals surface area contributed by atoms with Crippen LogP contribution in [-0.2, 0) is 0 Å². The first-order chi connectivity index (χ1) is 7.65. The second-order valence-electron chi connectivity index (χ2n) is 3.32. The van der Waals surface area contributed by atoms with E-state index in [2.05, 4.69) is 26.0 Å². The maximum absolute atomic E-state index is 5.24. The number of ether oxygens (including phenoxy) is 2. The molecule has 0 amide bonds. The van der Waals surface area contributed by atoms with E-state index in [0.29, 0.717) is 11.5 Å². The molecule has 0 saturated carbocycles. The molecule has 0 aliphatic heterocycles. The molecular weight excluding hydrogens is 317 g/mol. The normalized spacial score (nSPS) is 9.33. The third-order valence-corrected chi connectivity index (χ3v) is 3.01. The van der Waals surface area contributed by atoms with Gasteiger partial charge in [-0.1, -0.05) is 0 Å². The molecule has 1 aromatic heterocycles. The van der Waals surface area contributed by atoms with E-state index in [-0.39, 0.29) is 59.1 Å². The van der Waals surface area contributed by atoms with Crippen molar-refractivity contribution in [2.75, 3.05) is 14.2 Å². The second kappa shape index (κ2) is 8.08. The molecule has 2 rings (SSSR count). The number of methoxy groups -OCH3 is 2. The van der Waals surface area contributed by atoms with Crippen molar-refractivity contribution in [1.82, 2.24) is 9.97 Å². The first kappa shape index (κ1) is 18.7. The number of fused-ring (bicyclic) bond motifs is 1. The third-order valence-electron chi connectivity index (χ3n) is 2.29. The zero-order valence-electron chi connectivity index (χ0n) is 9.31. The first-order valence-corrected chi connectivity index (χ1v) is 5.69. The Hall–Kier alpha value is 0.679. The van der Waals surface area contributed by atoms with Crippen LogP contribution in [0.3, 0.4) is 0 Å². The Balaban J connectivity index is 0.00000144. The van der Waals surface area contributed by atoms with Gasteiger partial charge in [0.2, 0.25) is 0 Å². The third kappa shape index (κ3) is 3.84. The van der Waals surface area contributed by atoms with Gasteiger partial charge in [0.25, 0.3) is 0 Å². The quantitative estimate of drug-likeness (QED) is 0.675. The monoisotopic (exact) mass is 332 g/mol. The molecule has 0 aliphatic carbocycles. The Labute approximate surface area is 159 Å². The van der Waals surface area contributed by atoms with Gasteiger partial charge >= 0.3 is 161 Å². The molecule has 0 fully saturated rings. The molecule has 0 bridgehead atoms. The fourth-order valence-electron chi connectivity index (χ4n) is 1.55. The van der Waals surface area contributed by atoms with Crippen molar-refractivity contribution < 1.29 is 9.47 Å². The molecule has 7 heteroatoms. The number of benzene rings is 1. The minimum atomic E-state index is 0. The number of nitrogens with zero attached hydrogens (tertiary/aromatic N) is 2. The van der Waals surface area contributed by atoms with Crippen LogP contribution in [0.25, 0.3) is 10.9 Å². The Morgan fingerprint density at radius 2 is 1.56 bits per heavy atom. The number of rotatable bonds is 2. The van der Waals surface area contributed by atoms with Gasteiger partial charge in [-0.3, -0.25) is 0 Å². The van der Waals surface area contributed by atoms with Gasteiger partial charge in [0.1, 0.15) is 0 Å². The van der Waals surface area contributed by atoms with Crippen LogP contribution in [0.5, 0.6) is 11.5 Å². The average molecular weight is 331 g/mol. The van der Waals surface area contributed by atoms with Gasteiger partial charge in [0.15, 0.2) is 0 Å². The van der Waals surface area contributed by atoms with Gasteiger partial charge < -0.3 is 0 Å². The maximum atomic E-state index is 5.24. The van der Waals surface area contributed by atoms with Crippen LogP contribution < -0.4 is 14.1 Å². The van der Waals surface area contributed by atoms with Crippen molar-refractivity contribution in [2.45, 2.75) is 6.92 Å². The number of hydrogen-bond acceptors (Lipinski definition) is 4. The number of aryl methyl sites for hydroxylation is 1. The Morgan fingerprint density at radius 3 is 2.11 bits per heavy atom. The van der Waals surface area contributed by atoms with Gasteiger partial charge in [-0.15, -0.1) is 0 Å². The fourth-order valence-corrected chi connectivity index (χ4v) is 2.23. The van der Waals surface area contributed by atoms with Crippen molar-refractivity contribution in [1.29, 1.82) is 0 Å². The van der Waals surface area contributed by atoms with E-state index in [0.717, 1.165) is 21.3 Å². The Kier molecular flexibility index (Phi) is 8.38. The fraction of sp³-hybridized carbons (Fsp3) is 0.273. The Bertz CT molecular complexity index is 552. The van der Waals surface area contributed by atoms with Crippen LogP contribution in [0.15, 0.2) is 12.1 Å². The molecule has 88 valence electrons. The van der Waals surface area contributed by atoms with Crippen LogP contribution in [-0.4, -0.2) is 99.3 Å². The SMILES string of the molecule is COc1cc2nc(C)nc([SeH])c2cc1OC.[NaH].[NaH]. The summed E-state index contributed by atoms with van der Waals surface area (Å²) in [6.45, 7) is 1.87. The zero-order chi connectivity index (χ0) is 11.7. The second-order valence-corrected chi connectivity index (χ2v) is 4.21. The van der Waals surface area contributed by atoms with Crippen LogP contribution in [0.2, 0.25) is 0 Å². The van der Waals surface area contributed by atoms with Gasteiger partial charge in [0.05, 0.1) is 0 Å². The standard InChI is InChI=1S/C11H12N2O2Se.2Na.2H/c1-6-12-8-5-10(15-3)9(14-2)4-7(8)11(16)13-6;;;;/h4-5H,1-3H3,(H,12,13,16);;;;. The zero-order valence-corrected chi connectivity index (χ0v) is 11.2. The van der Waals surface area contributed by atoms with E-state index in [4.69, 9.17) is 9.47 Å². The summed E-state index contributed by atoms with van der Waals surface area (Å²) in [5.74, 6) is 2.12. The van der Waals surface area contributed by atoms with Crippen molar-refractivity contribution in [3.05, 3.63) is 18.0 Å². The predicted molar refractivity (Wildman–Crippen MR) is 78.5 cm³/mol. The summed E-state index contributed by atoms with van der Waals surface area (Å²) < 4.78 is 11.4. The molecular formula is C11H14N2Na2O2Se. The molecule has 1 aromatic carbocycles. The van der Waals surface area contributed by atoms with Crippen molar-refractivity contribution >= 4 is 90.6 Å². The summed E-state index contributed by atoms with van der Waals surface area (Å²) >= 11 is 2.44. The molecule has 4 nitrogen and oxygen atoms in total. The van der Waals surface area contributed by atoms with Gasteiger partial charge in [0, 0.05) is 0 Å². The number of aromatic nitrogens is 2. The molecule has 0 radical (unpaired) electrons. The summed E-state index contributed by atoms with van der Waals surface area (Å²) in [6, 6.07) is 3.75. The Morgan fingerprint density at radius 1 is 1.00 bits per heavy atom. The van der Waals surface area contributed by atoms with Gasteiger partial charge in [-0.2, -0.15) is 0 Å². The van der Waals surface area contributed by atoms with Crippen LogP contribution in [0.4, 0.5) is 0 Å². The van der Waals surface area contributed by atoms with Gasteiger partial charge in [-0.25, -0.2) is 0 Å². The molecule has 2 aromatic rings. The molecule has 0 atom stereocenters. The van der Waals surface area contributed by atoms with E-state index in [1.54, 1.807) is 14.2 Å². The first-order valence-electron chi connectivity index (χ1n) is 4.75. The minimum absolute atomic E-state index is 0. The summed E-state index contributed by atoms with van der Waals surface area (Å²) in [5.41, 5.74) is 0.862. The topological polar surface area (TPSA) is 44.2 Å². The van der Waals surface area contributed by atoms with E-state index in [1.807, 2.05) is 19.1 Å². The molecule has 18 heavy (non-hydrogen) atoms. The molecule has 0 N–H and O–H groups in total. The molecule has 1 heterocycles. The summed E-state index contributed by atoms with van der Waals surface area (Å²) in [4.78, 5) is 8.66. The van der Waals surface area contributed by atoms with Crippen molar-refractivity contribution in [3.8, 4) is 11.5 Å². The van der Waals surface area contributed by atoms with Crippen LogP contribution in [0, 0.1) is 6.92 Å². The average Bonchev–Trinajstić information content (AvgIpc) is 2.27. The summed E-state index contributed by atoms with van der Waals surface area (Å²) in [6.07, 6.45) is 0. The summed E-state index contributed by atoms with van der Waals surface area (Å²) in [5, 5.41) is 0.961. The molecule has 0 saturated heterocycles. The van der Waals surface area contributed by atoms with Crippen LogP contribution in [0.1, 0.15) is 5.82 Å².